The van der Waals surface area contributed by atoms with Gasteiger partial charge < -0.3 is 39.8 Å². The van der Waals surface area contributed by atoms with Crippen LogP contribution in [-0.2, 0) is 39.8 Å². The number of nitrogen functional groups attached to an aromatic ring is 1. The number of carboxylic acids is 1. The number of carbonyl (C=O) groups is 5. The van der Waals surface area contributed by atoms with Crippen LogP contribution in [0.5, 0.6) is 0 Å². The maximum atomic E-state index is 13.0. The molecule has 2 fully saturated rings. The number of ether oxygens (including phenoxy) is 3. The third-order valence-electron chi connectivity index (χ3n) is 7.03. The molecule has 14 nitrogen and oxygen atoms in total. The standard InChI is InChI=1S/C22H27N3O9.C9H10N2/c1-14(26)34-19(22(30)31)18-21(29)25(8-11-33-18)16-5-3-4-15(12-16)20(28)23(2)13-17(27)24-6-9-32-10-7-24;1-3-7-6-8(10)4-5-9(7)11-2/h3-5,12,18-19H,6-11,13H2,1-2H3,(H,30,31);4-6H,3,10H2,1H3/t18-,19-;/m1./s1. The summed E-state index contributed by atoms with van der Waals surface area (Å²) < 4.78 is 15.3. The van der Waals surface area contributed by atoms with Crippen molar-refractivity contribution >= 4 is 46.7 Å². The van der Waals surface area contributed by atoms with Crippen LogP contribution in [0.3, 0.4) is 0 Å². The summed E-state index contributed by atoms with van der Waals surface area (Å²) in [6.07, 6.45) is -2.46. The Morgan fingerprint density at radius 1 is 1.13 bits per heavy atom. The Bertz CT molecular complexity index is 1450. The van der Waals surface area contributed by atoms with Gasteiger partial charge >= 0.3 is 11.9 Å². The Labute approximate surface area is 261 Å². The number of carbonyl (C=O) groups excluding carboxylic acids is 4. The van der Waals surface area contributed by atoms with Crippen molar-refractivity contribution in [3.8, 4) is 0 Å². The summed E-state index contributed by atoms with van der Waals surface area (Å²) in [6, 6.07) is 11.6. The fraction of sp³-hybridized carbons (Fsp3) is 0.419. The number of nitrogens with two attached hydrogens (primary N) is 1. The highest BCUT2D eigenvalue weighted by atomic mass is 16.6. The summed E-state index contributed by atoms with van der Waals surface area (Å²) in [4.78, 5) is 68.8. The van der Waals surface area contributed by atoms with Gasteiger partial charge in [-0.3, -0.25) is 19.2 Å². The second-order valence-corrected chi connectivity index (χ2v) is 10.2. The lowest BCUT2D eigenvalue weighted by Crippen LogP contribution is -2.55. The molecule has 2 atom stereocenters. The van der Waals surface area contributed by atoms with E-state index < -0.39 is 36.0 Å². The smallest absolute Gasteiger partial charge is 0.348 e. The van der Waals surface area contributed by atoms with Crippen LogP contribution >= 0.6 is 0 Å². The molecule has 0 aromatic heterocycles. The minimum absolute atomic E-state index is 0.00752. The van der Waals surface area contributed by atoms with Gasteiger partial charge in [0.05, 0.1) is 32.9 Å². The molecule has 2 aromatic carbocycles. The second kappa shape index (κ2) is 16.2. The van der Waals surface area contributed by atoms with E-state index in [4.69, 9.17) is 26.5 Å². The van der Waals surface area contributed by atoms with Crippen LogP contribution in [0.1, 0.15) is 29.8 Å². The fourth-order valence-corrected chi connectivity index (χ4v) is 4.71. The van der Waals surface area contributed by atoms with Gasteiger partial charge in [-0.25, -0.2) is 9.64 Å². The highest BCUT2D eigenvalue weighted by Gasteiger charge is 2.42. The van der Waals surface area contributed by atoms with E-state index in [2.05, 4.69) is 4.85 Å². The highest BCUT2D eigenvalue weighted by Crippen LogP contribution is 2.24. The van der Waals surface area contributed by atoms with Gasteiger partial charge in [-0.05, 0) is 42.3 Å². The summed E-state index contributed by atoms with van der Waals surface area (Å²) >= 11 is 0. The van der Waals surface area contributed by atoms with Crippen LogP contribution in [-0.4, -0.2) is 110 Å². The Hall–Kier alpha value is -5.00. The normalized spacial score (nSPS) is 16.8. The molecule has 2 saturated heterocycles. The molecule has 45 heavy (non-hydrogen) atoms. The van der Waals surface area contributed by atoms with Crippen LogP contribution in [0, 0.1) is 6.57 Å². The summed E-state index contributed by atoms with van der Waals surface area (Å²) in [7, 11) is 1.51. The van der Waals surface area contributed by atoms with Crippen molar-refractivity contribution in [1.82, 2.24) is 9.80 Å². The molecule has 3 amide bonds. The molecule has 2 aliphatic heterocycles. The number of anilines is 2. The van der Waals surface area contributed by atoms with Gasteiger partial charge in [0.25, 0.3) is 11.8 Å². The lowest BCUT2D eigenvalue weighted by Gasteiger charge is -2.34. The molecular weight excluding hydrogens is 586 g/mol. The van der Waals surface area contributed by atoms with Crippen LogP contribution in [0.25, 0.3) is 4.85 Å². The topological polar surface area (TPSA) is 173 Å². The number of aryl methyl sites for hydroxylation is 1. The van der Waals surface area contributed by atoms with Gasteiger partial charge in [0.15, 0.2) is 11.8 Å². The molecule has 2 heterocycles. The number of likely N-dealkylation sites (N-methyl/N-ethyl adjacent to an activating group) is 1. The Balaban J connectivity index is 0.000000423. The summed E-state index contributed by atoms with van der Waals surface area (Å²) in [5.41, 5.74) is 8.62. The Kier molecular flexibility index (Phi) is 12.4. The lowest BCUT2D eigenvalue weighted by molar-refractivity contribution is -0.177. The van der Waals surface area contributed by atoms with Gasteiger partial charge in [0.2, 0.25) is 12.0 Å². The zero-order valence-corrected chi connectivity index (χ0v) is 25.4. The first kappa shape index (κ1) is 34.5. The quantitative estimate of drug-likeness (QED) is 0.251. The number of carboxylic acid groups (broad SMARTS) is 1. The molecule has 14 heteroatoms. The molecule has 0 saturated carbocycles. The molecule has 0 bridgehead atoms. The maximum Gasteiger partial charge on any atom is 0.348 e. The van der Waals surface area contributed by atoms with Crippen LogP contribution < -0.4 is 10.6 Å². The molecule has 0 radical (unpaired) electrons. The molecular formula is C31H37N5O9. The third-order valence-corrected chi connectivity index (χ3v) is 7.03. The van der Waals surface area contributed by atoms with Crippen molar-refractivity contribution in [3.63, 3.8) is 0 Å². The van der Waals surface area contributed by atoms with E-state index in [1.807, 2.05) is 13.0 Å². The summed E-state index contributed by atoms with van der Waals surface area (Å²) in [5, 5.41) is 9.38. The van der Waals surface area contributed by atoms with Crippen molar-refractivity contribution < 1.29 is 43.3 Å². The van der Waals surface area contributed by atoms with Crippen molar-refractivity contribution in [1.29, 1.82) is 0 Å². The molecule has 4 rings (SSSR count). The largest absolute Gasteiger partial charge is 0.478 e. The molecule has 0 aliphatic carbocycles. The van der Waals surface area contributed by atoms with Crippen molar-refractivity contribution in [2.45, 2.75) is 32.5 Å². The Morgan fingerprint density at radius 2 is 1.84 bits per heavy atom. The van der Waals surface area contributed by atoms with E-state index in [0.717, 1.165) is 24.6 Å². The number of amides is 3. The summed E-state index contributed by atoms with van der Waals surface area (Å²) in [6.45, 7) is 11.8. The van der Waals surface area contributed by atoms with Crippen LogP contribution in [0.2, 0.25) is 0 Å². The van der Waals surface area contributed by atoms with Crippen molar-refractivity contribution in [2.75, 3.05) is 63.7 Å². The first-order chi connectivity index (χ1) is 21.5. The Morgan fingerprint density at radius 3 is 2.47 bits per heavy atom. The number of esters is 1. The minimum Gasteiger partial charge on any atom is -0.478 e. The molecule has 3 N–H and O–H groups in total. The maximum absolute atomic E-state index is 13.0. The van der Waals surface area contributed by atoms with Gasteiger partial charge in [-0.2, -0.15) is 0 Å². The van der Waals surface area contributed by atoms with E-state index in [0.29, 0.717) is 37.7 Å². The molecule has 240 valence electrons. The van der Waals surface area contributed by atoms with Crippen LogP contribution in [0.4, 0.5) is 17.1 Å². The van der Waals surface area contributed by atoms with E-state index in [-0.39, 0.29) is 31.2 Å². The molecule has 2 aliphatic rings. The second-order valence-electron chi connectivity index (χ2n) is 10.2. The van der Waals surface area contributed by atoms with Gasteiger partial charge in [0, 0.05) is 50.5 Å². The number of morpholine rings is 2. The number of hydrogen-bond donors (Lipinski definition) is 2. The number of aliphatic carboxylic acids is 1. The third kappa shape index (κ3) is 9.24. The van der Waals surface area contributed by atoms with Crippen molar-refractivity contribution in [3.05, 3.63) is 65.0 Å². The number of benzene rings is 2. The molecule has 0 unspecified atom stereocenters. The van der Waals surface area contributed by atoms with Crippen LogP contribution in [0.15, 0.2) is 42.5 Å². The average molecular weight is 624 g/mol. The SMILES string of the molecule is CC(=O)O[C@@H](C(=O)O)[C@H]1OCCN(c2cccc(C(=O)N(C)CC(=O)N3CCOCC3)c2)C1=O.[C-]#[N+]c1ccc(N)cc1CC. The van der Waals surface area contributed by atoms with Crippen molar-refractivity contribution in [2.24, 2.45) is 0 Å². The predicted octanol–water partition coefficient (Wildman–Crippen LogP) is 1.75. The van der Waals surface area contributed by atoms with Gasteiger partial charge in [-0.1, -0.05) is 19.1 Å². The summed E-state index contributed by atoms with van der Waals surface area (Å²) in [5.74, 6) is -3.68. The fourth-order valence-electron chi connectivity index (χ4n) is 4.71. The number of rotatable bonds is 8. The van der Waals surface area contributed by atoms with Gasteiger partial charge in [0.1, 0.15) is 0 Å². The molecule has 2 aromatic rings. The minimum atomic E-state index is -1.80. The molecule has 0 spiro atoms. The average Bonchev–Trinajstić information content (AvgIpc) is 3.04. The zero-order valence-electron chi connectivity index (χ0n) is 25.4. The van der Waals surface area contributed by atoms with E-state index in [1.165, 1.54) is 22.9 Å². The van der Waals surface area contributed by atoms with E-state index in [9.17, 15) is 29.1 Å². The van der Waals surface area contributed by atoms with E-state index >= 15 is 0 Å². The number of hydrogen-bond acceptors (Lipinski definition) is 9. The zero-order chi connectivity index (χ0) is 33.1. The lowest BCUT2D eigenvalue weighted by atomic mass is 10.1. The van der Waals surface area contributed by atoms with Gasteiger partial charge in [-0.15, -0.1) is 0 Å². The first-order valence-corrected chi connectivity index (χ1v) is 14.3. The highest BCUT2D eigenvalue weighted by molar-refractivity contribution is 6.02. The predicted molar refractivity (Wildman–Crippen MR) is 163 cm³/mol. The number of nitrogens with zero attached hydrogens (tertiary/aromatic N) is 4. The first-order valence-electron chi connectivity index (χ1n) is 14.3. The monoisotopic (exact) mass is 623 g/mol. The van der Waals surface area contributed by atoms with E-state index in [1.54, 1.807) is 35.2 Å².